The summed E-state index contributed by atoms with van der Waals surface area (Å²) in [7, 11) is -6.98. The van der Waals surface area contributed by atoms with Crippen LogP contribution < -0.4 is 0 Å². The van der Waals surface area contributed by atoms with Gasteiger partial charge < -0.3 is 0 Å². The Morgan fingerprint density at radius 3 is 2.35 bits per heavy atom. The van der Waals surface area contributed by atoms with Crippen LogP contribution in [0.5, 0.6) is 0 Å². The van der Waals surface area contributed by atoms with Gasteiger partial charge in [0.25, 0.3) is 0 Å². The molecule has 0 saturated carbocycles. The predicted molar refractivity (Wildman–Crippen MR) is 62.9 cm³/mol. The van der Waals surface area contributed by atoms with E-state index in [0.29, 0.717) is 0 Å². The Morgan fingerprint density at radius 2 is 1.82 bits per heavy atom. The minimum absolute atomic E-state index is 0.0276. The van der Waals surface area contributed by atoms with Crippen molar-refractivity contribution in [2.24, 2.45) is 0 Å². The Morgan fingerprint density at radius 1 is 1.18 bits per heavy atom. The molecule has 0 saturated heterocycles. The summed E-state index contributed by atoms with van der Waals surface area (Å²) in [4.78, 5) is -0.0276. The molecule has 92 valence electrons. The molecule has 0 heterocycles. The lowest BCUT2D eigenvalue weighted by atomic mass is 10.2. The van der Waals surface area contributed by atoms with Crippen LogP contribution in [0.4, 0.5) is 0 Å². The molecule has 0 N–H and O–H groups in total. The van der Waals surface area contributed by atoms with E-state index in [-0.39, 0.29) is 10.5 Å². The number of sulfone groups is 2. The fourth-order valence-corrected chi connectivity index (χ4v) is 4.05. The number of rotatable bonds is 4. The Labute approximate surface area is 101 Å². The number of hydrogen-bond acceptors (Lipinski definition) is 5. The van der Waals surface area contributed by atoms with Crippen molar-refractivity contribution in [2.45, 2.75) is 4.90 Å². The normalized spacial score (nSPS) is 12.0. The van der Waals surface area contributed by atoms with Gasteiger partial charge in [-0.25, -0.2) is 16.8 Å². The molecule has 0 amide bonds. The van der Waals surface area contributed by atoms with E-state index >= 15 is 0 Å². The minimum Gasteiger partial charge on any atom is -0.229 e. The standard InChI is InChI=1S/C10H11NO4S2/c1-16(12,13)5-6-17(14,15)10-4-2-3-9(7-10)8-11/h2-4,7H,5-6H2,1H3. The third-order valence-corrected chi connectivity index (χ3v) is 4.96. The Kier molecular flexibility index (Phi) is 3.91. The molecule has 1 aromatic carbocycles. The van der Waals surface area contributed by atoms with Crippen LogP contribution in [0.25, 0.3) is 0 Å². The lowest BCUT2D eigenvalue weighted by Gasteiger charge is -2.03. The molecular weight excluding hydrogens is 262 g/mol. The third kappa shape index (κ3) is 4.17. The van der Waals surface area contributed by atoms with Crippen LogP contribution in [0.2, 0.25) is 0 Å². The van der Waals surface area contributed by atoms with Gasteiger partial charge in [-0.05, 0) is 18.2 Å². The summed E-state index contributed by atoms with van der Waals surface area (Å²) < 4.78 is 45.4. The van der Waals surface area contributed by atoms with Crippen molar-refractivity contribution >= 4 is 19.7 Å². The molecule has 7 heteroatoms. The predicted octanol–water partition coefficient (Wildman–Crippen LogP) is 0.377. The van der Waals surface area contributed by atoms with Gasteiger partial charge in [0.05, 0.1) is 28.0 Å². The van der Waals surface area contributed by atoms with Crippen molar-refractivity contribution in [3.8, 4) is 6.07 Å². The summed E-state index contributed by atoms with van der Waals surface area (Å²) in [5.74, 6) is -0.896. The Bertz CT molecular complexity index is 654. The maximum Gasteiger partial charge on any atom is 0.179 e. The van der Waals surface area contributed by atoms with Crippen LogP contribution in [0.15, 0.2) is 29.2 Å². The van der Waals surface area contributed by atoms with Gasteiger partial charge in [0.2, 0.25) is 0 Å². The molecule has 17 heavy (non-hydrogen) atoms. The van der Waals surface area contributed by atoms with Crippen molar-refractivity contribution in [3.05, 3.63) is 29.8 Å². The highest BCUT2D eigenvalue weighted by atomic mass is 32.2. The first-order valence-electron chi connectivity index (χ1n) is 4.65. The molecule has 1 rings (SSSR count). The second kappa shape index (κ2) is 4.85. The van der Waals surface area contributed by atoms with Gasteiger partial charge in [-0.3, -0.25) is 0 Å². The van der Waals surface area contributed by atoms with Crippen LogP contribution in [0, 0.1) is 11.3 Å². The van der Waals surface area contributed by atoms with E-state index in [2.05, 4.69) is 0 Å². The summed E-state index contributed by atoms with van der Waals surface area (Å²) in [6.45, 7) is 0. The topological polar surface area (TPSA) is 92.1 Å². The second-order valence-electron chi connectivity index (χ2n) is 3.59. The third-order valence-electron chi connectivity index (χ3n) is 2.05. The molecular formula is C10H11NO4S2. The Balaban J connectivity index is 3.02. The molecule has 5 nitrogen and oxygen atoms in total. The van der Waals surface area contributed by atoms with Crippen LogP contribution in [0.1, 0.15) is 5.56 Å². The van der Waals surface area contributed by atoms with E-state index in [1.54, 1.807) is 0 Å². The van der Waals surface area contributed by atoms with Crippen molar-refractivity contribution < 1.29 is 16.8 Å². The van der Waals surface area contributed by atoms with Crippen molar-refractivity contribution in [1.82, 2.24) is 0 Å². The first kappa shape index (κ1) is 13.7. The lowest BCUT2D eigenvalue weighted by molar-refractivity contribution is 0.590. The van der Waals surface area contributed by atoms with Gasteiger partial charge in [-0.2, -0.15) is 5.26 Å². The van der Waals surface area contributed by atoms with Crippen molar-refractivity contribution in [1.29, 1.82) is 5.26 Å². The molecule has 0 fully saturated rings. The first-order chi connectivity index (χ1) is 7.74. The van der Waals surface area contributed by atoms with E-state index < -0.39 is 31.2 Å². The molecule has 0 aromatic heterocycles. The highest BCUT2D eigenvalue weighted by Crippen LogP contribution is 2.13. The quantitative estimate of drug-likeness (QED) is 0.790. The lowest BCUT2D eigenvalue weighted by Crippen LogP contribution is -2.16. The minimum atomic E-state index is -3.66. The molecule has 0 aliphatic rings. The summed E-state index contributed by atoms with van der Waals surface area (Å²) in [5, 5.41) is 8.65. The smallest absolute Gasteiger partial charge is 0.179 e. The highest BCUT2D eigenvalue weighted by Gasteiger charge is 2.17. The van der Waals surface area contributed by atoms with E-state index in [1.165, 1.54) is 24.3 Å². The average Bonchev–Trinajstić information content (AvgIpc) is 2.26. The van der Waals surface area contributed by atoms with Crippen LogP contribution >= 0.6 is 0 Å². The SMILES string of the molecule is CS(=O)(=O)CCS(=O)(=O)c1cccc(C#N)c1. The number of nitriles is 1. The van der Waals surface area contributed by atoms with E-state index in [9.17, 15) is 16.8 Å². The van der Waals surface area contributed by atoms with Crippen LogP contribution in [-0.2, 0) is 19.7 Å². The largest absolute Gasteiger partial charge is 0.229 e. The fraction of sp³-hybridized carbons (Fsp3) is 0.300. The summed E-state index contributed by atoms with van der Waals surface area (Å²) in [6.07, 6.45) is 0.980. The number of nitrogens with zero attached hydrogens (tertiary/aromatic N) is 1. The zero-order valence-corrected chi connectivity index (χ0v) is 10.8. The van der Waals surface area contributed by atoms with Crippen molar-refractivity contribution in [3.63, 3.8) is 0 Å². The van der Waals surface area contributed by atoms with Gasteiger partial charge in [0, 0.05) is 6.26 Å². The molecule has 0 unspecified atom stereocenters. The van der Waals surface area contributed by atoms with Crippen LogP contribution in [0.3, 0.4) is 0 Å². The van der Waals surface area contributed by atoms with Gasteiger partial charge in [0.1, 0.15) is 9.84 Å². The summed E-state index contributed by atoms with van der Waals surface area (Å²) >= 11 is 0. The highest BCUT2D eigenvalue weighted by molar-refractivity contribution is 7.94. The van der Waals surface area contributed by atoms with E-state index in [1.807, 2.05) is 6.07 Å². The number of benzene rings is 1. The zero-order chi connectivity index (χ0) is 13.1. The van der Waals surface area contributed by atoms with Crippen LogP contribution in [-0.4, -0.2) is 34.6 Å². The maximum atomic E-state index is 11.8. The second-order valence-corrected chi connectivity index (χ2v) is 7.96. The molecule has 0 atom stereocenters. The fourth-order valence-electron chi connectivity index (χ4n) is 1.14. The van der Waals surface area contributed by atoms with Crippen molar-refractivity contribution in [2.75, 3.05) is 17.8 Å². The summed E-state index contributed by atoms with van der Waals surface area (Å²) in [5.41, 5.74) is 0.227. The number of hydrogen-bond donors (Lipinski definition) is 0. The average molecular weight is 273 g/mol. The molecule has 0 spiro atoms. The molecule has 0 aliphatic heterocycles. The van der Waals surface area contributed by atoms with Gasteiger partial charge in [0.15, 0.2) is 9.84 Å². The molecule has 0 aliphatic carbocycles. The summed E-state index contributed by atoms with van der Waals surface area (Å²) in [6, 6.07) is 7.34. The maximum absolute atomic E-state index is 11.8. The molecule has 0 bridgehead atoms. The van der Waals surface area contributed by atoms with Gasteiger partial charge >= 0.3 is 0 Å². The van der Waals surface area contributed by atoms with E-state index in [4.69, 9.17) is 5.26 Å². The van der Waals surface area contributed by atoms with E-state index in [0.717, 1.165) is 6.26 Å². The van der Waals surface area contributed by atoms with Gasteiger partial charge in [-0.15, -0.1) is 0 Å². The Hall–Kier alpha value is -1.39. The first-order valence-corrected chi connectivity index (χ1v) is 8.36. The zero-order valence-electron chi connectivity index (χ0n) is 9.12. The monoisotopic (exact) mass is 273 g/mol. The molecule has 1 aromatic rings. The van der Waals surface area contributed by atoms with Gasteiger partial charge in [-0.1, -0.05) is 6.07 Å². The molecule has 0 radical (unpaired) electrons.